The molecule has 8 saturated carbocycles. The molecule has 9 rings (SSSR count). The number of carbonyl (C=O) groups is 2. The van der Waals surface area contributed by atoms with Crippen LogP contribution in [0.3, 0.4) is 0 Å². The minimum atomic E-state index is -0.252. The maximum atomic E-state index is 14.3. The van der Waals surface area contributed by atoms with E-state index in [0.29, 0.717) is 29.6 Å². The van der Waals surface area contributed by atoms with Crippen LogP contribution >= 0.6 is 0 Å². The van der Waals surface area contributed by atoms with Crippen molar-refractivity contribution >= 4 is 11.9 Å². The summed E-state index contributed by atoms with van der Waals surface area (Å²) < 4.78 is 10.8. The highest BCUT2D eigenvalue weighted by molar-refractivity contribution is 5.83. The third-order valence-corrected chi connectivity index (χ3v) is 12.8. The van der Waals surface area contributed by atoms with Crippen LogP contribution in [-0.4, -0.2) is 44.6 Å². The summed E-state index contributed by atoms with van der Waals surface area (Å²) in [5, 5.41) is 0. The van der Waals surface area contributed by atoms with Gasteiger partial charge >= 0.3 is 5.97 Å². The second-order valence-corrected chi connectivity index (χ2v) is 15.2. The van der Waals surface area contributed by atoms with Crippen molar-refractivity contribution in [3.63, 3.8) is 0 Å². The Hall–Kier alpha value is -2.04. The van der Waals surface area contributed by atoms with E-state index in [1.165, 1.54) is 44.1 Å². The Kier molecular flexibility index (Phi) is 5.96. The van der Waals surface area contributed by atoms with Crippen molar-refractivity contribution < 1.29 is 19.1 Å². The summed E-state index contributed by atoms with van der Waals surface area (Å²) in [4.78, 5) is 29.7. The van der Waals surface area contributed by atoms with Crippen molar-refractivity contribution in [1.29, 1.82) is 0 Å². The van der Waals surface area contributed by atoms with Crippen LogP contribution in [0.2, 0.25) is 0 Å². The number of amides is 1. The van der Waals surface area contributed by atoms with E-state index in [2.05, 4.69) is 24.1 Å². The van der Waals surface area contributed by atoms with Gasteiger partial charge in [0.25, 0.3) is 0 Å². The monoisotopic (exact) mass is 533 g/mol. The van der Waals surface area contributed by atoms with E-state index in [0.717, 1.165) is 63.7 Å². The quantitative estimate of drug-likeness (QED) is 0.361. The summed E-state index contributed by atoms with van der Waals surface area (Å²) in [7, 11) is 5.35. The van der Waals surface area contributed by atoms with E-state index < -0.39 is 0 Å². The van der Waals surface area contributed by atoms with Crippen LogP contribution in [0, 0.1) is 45.3 Å². The first-order valence-electron chi connectivity index (χ1n) is 15.7. The van der Waals surface area contributed by atoms with Gasteiger partial charge in [0.05, 0.1) is 25.0 Å². The van der Waals surface area contributed by atoms with Crippen molar-refractivity contribution in [2.24, 2.45) is 45.3 Å². The molecule has 8 fully saturated rings. The lowest BCUT2D eigenvalue weighted by Crippen LogP contribution is -2.67. The van der Waals surface area contributed by atoms with Gasteiger partial charge in [-0.25, -0.2) is 0 Å². The molecule has 0 spiro atoms. The molecule has 212 valence electrons. The van der Waals surface area contributed by atoms with Gasteiger partial charge in [0.1, 0.15) is 5.75 Å². The zero-order chi connectivity index (χ0) is 27.0. The Morgan fingerprint density at radius 1 is 0.795 bits per heavy atom. The van der Waals surface area contributed by atoms with Gasteiger partial charge in [-0.3, -0.25) is 9.59 Å². The lowest BCUT2D eigenvalue weighted by molar-refractivity contribution is -0.241. The molecule has 5 nitrogen and oxygen atoms in total. The Morgan fingerprint density at radius 3 is 1.82 bits per heavy atom. The van der Waals surface area contributed by atoms with Gasteiger partial charge in [-0.05, 0) is 142 Å². The molecule has 0 aliphatic heterocycles. The highest BCUT2D eigenvalue weighted by atomic mass is 16.5. The van der Waals surface area contributed by atoms with Gasteiger partial charge in [0.2, 0.25) is 5.91 Å². The van der Waals surface area contributed by atoms with E-state index in [4.69, 9.17) is 9.47 Å². The third kappa shape index (κ3) is 3.91. The Balaban J connectivity index is 1.11. The largest absolute Gasteiger partial charge is 0.497 e. The smallest absolute Gasteiger partial charge is 0.311 e. The molecule has 0 aromatic heterocycles. The van der Waals surface area contributed by atoms with Crippen molar-refractivity contribution in [3.8, 4) is 5.75 Å². The standard InChI is InChI=1S/C34H47NO4/c1-35(10-4-5-23-6-8-28(38-2)9-7-23)29(36)31-13-24-11-25(14-31)18-33(17-24,21-31)34-19-26-12-27(20-34)16-32(15-26,22-34)30(37)39-3/h6-9,24-27H,4-5,10-22H2,1-3H3. The van der Waals surface area contributed by atoms with Crippen LogP contribution in [0.25, 0.3) is 0 Å². The van der Waals surface area contributed by atoms with E-state index in [1.54, 1.807) is 14.2 Å². The van der Waals surface area contributed by atoms with Crippen LogP contribution in [0.5, 0.6) is 5.75 Å². The summed E-state index contributed by atoms with van der Waals surface area (Å²) in [6.45, 7) is 0.815. The molecule has 1 aromatic carbocycles. The summed E-state index contributed by atoms with van der Waals surface area (Å²) in [5.41, 5.74) is 1.35. The predicted molar refractivity (Wildman–Crippen MR) is 150 cm³/mol. The zero-order valence-corrected chi connectivity index (χ0v) is 24.3. The number of hydrogen-bond acceptors (Lipinski definition) is 4. The Morgan fingerprint density at radius 2 is 1.31 bits per heavy atom. The van der Waals surface area contributed by atoms with E-state index in [9.17, 15) is 9.59 Å². The van der Waals surface area contributed by atoms with Gasteiger partial charge in [-0.1, -0.05) is 12.1 Å². The summed E-state index contributed by atoms with van der Waals surface area (Å²) in [6.07, 6.45) is 16.2. The molecule has 8 bridgehead atoms. The van der Waals surface area contributed by atoms with Gasteiger partial charge in [-0.2, -0.15) is 0 Å². The number of hydrogen-bond donors (Lipinski definition) is 0. The summed E-state index contributed by atoms with van der Waals surface area (Å²) >= 11 is 0. The lowest BCUT2D eigenvalue weighted by Gasteiger charge is -2.73. The number of ether oxygens (including phenoxy) is 2. The highest BCUT2D eigenvalue weighted by Gasteiger charge is 2.72. The first kappa shape index (κ1) is 25.9. The highest BCUT2D eigenvalue weighted by Crippen LogP contribution is 2.78. The minimum Gasteiger partial charge on any atom is -0.497 e. The van der Waals surface area contributed by atoms with Crippen molar-refractivity contribution in [2.75, 3.05) is 27.8 Å². The molecular weight excluding hydrogens is 486 g/mol. The molecule has 1 amide bonds. The number of esters is 1. The van der Waals surface area contributed by atoms with Gasteiger partial charge < -0.3 is 14.4 Å². The SMILES string of the molecule is COC(=O)C12CC3CC(C1)CC(C14CC5CC(CC(C(=O)N(C)CCCc6ccc(OC)cc6)(C5)C1)C4)(C3)C2. The number of rotatable bonds is 8. The topological polar surface area (TPSA) is 55.8 Å². The number of nitrogens with zero attached hydrogens (tertiary/aromatic N) is 1. The number of carbonyl (C=O) groups excluding carboxylic acids is 2. The van der Waals surface area contributed by atoms with Gasteiger partial charge in [0.15, 0.2) is 0 Å². The maximum Gasteiger partial charge on any atom is 0.311 e. The lowest BCUT2D eigenvalue weighted by atomic mass is 9.31. The van der Waals surface area contributed by atoms with E-state index in [-0.39, 0.29) is 27.6 Å². The summed E-state index contributed by atoms with van der Waals surface area (Å²) in [5.74, 6) is 4.08. The summed E-state index contributed by atoms with van der Waals surface area (Å²) in [6, 6.07) is 8.31. The molecule has 0 radical (unpaired) electrons. The molecule has 0 saturated heterocycles. The van der Waals surface area contributed by atoms with Crippen LogP contribution in [0.15, 0.2) is 24.3 Å². The zero-order valence-electron chi connectivity index (χ0n) is 24.3. The van der Waals surface area contributed by atoms with E-state index >= 15 is 0 Å². The molecule has 39 heavy (non-hydrogen) atoms. The molecule has 0 heterocycles. The first-order chi connectivity index (χ1) is 18.7. The normalized spacial score (nSPS) is 42.9. The molecule has 0 N–H and O–H groups in total. The second-order valence-electron chi connectivity index (χ2n) is 15.2. The van der Waals surface area contributed by atoms with Crippen LogP contribution in [-0.2, 0) is 20.7 Å². The van der Waals surface area contributed by atoms with Crippen LogP contribution in [0.4, 0.5) is 0 Å². The minimum absolute atomic E-state index is 0.0630. The van der Waals surface area contributed by atoms with Crippen molar-refractivity contribution in [1.82, 2.24) is 4.90 Å². The molecule has 1 aromatic rings. The van der Waals surface area contributed by atoms with E-state index in [1.807, 2.05) is 12.1 Å². The average molecular weight is 534 g/mol. The fraction of sp³-hybridized carbons (Fsp3) is 0.765. The average Bonchev–Trinajstić information content (AvgIpc) is 2.91. The third-order valence-electron chi connectivity index (χ3n) is 12.8. The second kappa shape index (κ2) is 8.98. The maximum absolute atomic E-state index is 14.3. The molecular formula is C34H47NO4. The van der Waals surface area contributed by atoms with Crippen molar-refractivity contribution in [2.45, 2.75) is 89.9 Å². The molecule has 5 heteroatoms. The fourth-order valence-corrected chi connectivity index (χ4v) is 12.3. The number of methoxy groups -OCH3 is 2. The molecule has 8 aliphatic carbocycles. The molecule has 4 unspecified atom stereocenters. The van der Waals surface area contributed by atoms with Crippen LogP contribution < -0.4 is 4.74 Å². The number of benzene rings is 1. The first-order valence-corrected chi connectivity index (χ1v) is 15.7. The predicted octanol–water partition coefficient (Wildman–Crippen LogP) is 6.43. The van der Waals surface area contributed by atoms with Gasteiger partial charge in [0, 0.05) is 13.6 Å². The number of aryl methyl sites for hydroxylation is 1. The fourth-order valence-electron chi connectivity index (χ4n) is 12.3. The molecule has 4 atom stereocenters. The van der Waals surface area contributed by atoms with Crippen LogP contribution in [0.1, 0.15) is 89.0 Å². The Bertz CT molecular complexity index is 1110. The van der Waals surface area contributed by atoms with Gasteiger partial charge in [-0.15, -0.1) is 0 Å². The van der Waals surface area contributed by atoms with Crippen molar-refractivity contribution in [3.05, 3.63) is 29.8 Å². The Labute approximate surface area is 234 Å². The molecule has 8 aliphatic rings.